The summed E-state index contributed by atoms with van der Waals surface area (Å²) in [5.74, 6) is 0. The van der Waals surface area contributed by atoms with Crippen LogP contribution in [0.1, 0.15) is 5.56 Å². The van der Waals surface area contributed by atoms with E-state index in [4.69, 9.17) is 16.0 Å². The number of para-hydroxylation sites is 1. The van der Waals surface area contributed by atoms with Gasteiger partial charge in [-0.05, 0) is 29.8 Å². The van der Waals surface area contributed by atoms with Gasteiger partial charge in [0.25, 0.3) is 0 Å². The highest BCUT2D eigenvalue weighted by Gasteiger charge is 2.04. The van der Waals surface area contributed by atoms with Crippen LogP contribution in [0, 0.1) is 0 Å². The Kier molecular flexibility index (Phi) is 3.44. The third kappa shape index (κ3) is 2.68. The van der Waals surface area contributed by atoms with Crippen molar-refractivity contribution in [2.24, 2.45) is 0 Å². The number of fused-ring (bicyclic) bond motifs is 1. The van der Waals surface area contributed by atoms with E-state index in [0.717, 1.165) is 16.6 Å². The topological polar surface area (TPSA) is 42.2 Å². The molecule has 3 nitrogen and oxygen atoms in total. The highest BCUT2D eigenvalue weighted by Crippen LogP contribution is 2.21. The van der Waals surface area contributed by atoms with Crippen LogP contribution in [0.15, 0.2) is 63.8 Å². The van der Waals surface area contributed by atoms with Gasteiger partial charge < -0.3 is 9.73 Å². The van der Waals surface area contributed by atoms with Crippen LogP contribution in [-0.2, 0) is 6.54 Å². The molecular formula is C16H12ClNO2. The Balaban J connectivity index is 1.90. The van der Waals surface area contributed by atoms with E-state index in [1.54, 1.807) is 6.07 Å². The van der Waals surface area contributed by atoms with Crippen molar-refractivity contribution in [3.05, 3.63) is 75.6 Å². The third-order valence-corrected chi connectivity index (χ3v) is 3.30. The molecule has 4 heteroatoms. The summed E-state index contributed by atoms with van der Waals surface area (Å²) in [6.07, 6.45) is 0. The second-order valence-corrected chi connectivity index (χ2v) is 4.89. The van der Waals surface area contributed by atoms with Crippen LogP contribution in [0.2, 0.25) is 5.02 Å². The molecule has 0 aliphatic rings. The normalized spacial score (nSPS) is 10.7. The Morgan fingerprint density at radius 3 is 2.60 bits per heavy atom. The van der Waals surface area contributed by atoms with Crippen LogP contribution in [0.4, 0.5) is 5.69 Å². The summed E-state index contributed by atoms with van der Waals surface area (Å²) in [5, 5.41) is 4.86. The van der Waals surface area contributed by atoms with Gasteiger partial charge in [0.15, 0.2) is 0 Å². The van der Waals surface area contributed by atoms with Gasteiger partial charge in [0.2, 0.25) is 0 Å². The van der Waals surface area contributed by atoms with E-state index in [1.165, 1.54) is 6.07 Å². The molecule has 0 amide bonds. The molecule has 1 N–H and O–H groups in total. The quantitative estimate of drug-likeness (QED) is 0.738. The van der Waals surface area contributed by atoms with Gasteiger partial charge >= 0.3 is 5.63 Å². The molecule has 0 aliphatic carbocycles. The molecule has 0 saturated carbocycles. The van der Waals surface area contributed by atoms with E-state index in [9.17, 15) is 4.79 Å². The molecule has 0 radical (unpaired) electrons. The molecule has 1 heterocycles. The summed E-state index contributed by atoms with van der Waals surface area (Å²) in [4.78, 5) is 11.5. The molecule has 3 aromatic rings. The number of nitrogens with one attached hydrogen (secondary N) is 1. The summed E-state index contributed by atoms with van der Waals surface area (Å²) < 4.78 is 5.16. The molecule has 0 bridgehead atoms. The van der Waals surface area contributed by atoms with Crippen molar-refractivity contribution in [3.8, 4) is 0 Å². The van der Waals surface area contributed by atoms with Crippen LogP contribution in [0.3, 0.4) is 0 Å². The average Bonchev–Trinajstić information content (AvgIpc) is 2.46. The highest BCUT2D eigenvalue weighted by molar-refractivity contribution is 6.30. The van der Waals surface area contributed by atoms with Crippen molar-refractivity contribution in [1.29, 1.82) is 0 Å². The van der Waals surface area contributed by atoms with Gasteiger partial charge in [0.1, 0.15) is 5.58 Å². The molecule has 0 atom stereocenters. The van der Waals surface area contributed by atoms with E-state index in [2.05, 4.69) is 5.32 Å². The Hall–Kier alpha value is -2.26. The Bertz CT molecular complexity index is 793. The summed E-state index contributed by atoms with van der Waals surface area (Å²) in [5.41, 5.74) is 2.08. The van der Waals surface area contributed by atoms with E-state index < -0.39 is 0 Å². The lowest BCUT2D eigenvalue weighted by atomic mass is 10.2. The van der Waals surface area contributed by atoms with Gasteiger partial charge in [-0.25, -0.2) is 4.79 Å². The largest absolute Gasteiger partial charge is 0.423 e. The Morgan fingerprint density at radius 2 is 1.80 bits per heavy atom. The first kappa shape index (κ1) is 12.8. The lowest BCUT2D eigenvalue weighted by Gasteiger charge is -2.08. The number of benzene rings is 2. The number of hydrogen-bond acceptors (Lipinski definition) is 3. The number of anilines is 1. The van der Waals surface area contributed by atoms with Gasteiger partial charge in [-0.15, -0.1) is 0 Å². The average molecular weight is 286 g/mol. The molecule has 20 heavy (non-hydrogen) atoms. The van der Waals surface area contributed by atoms with Crippen molar-refractivity contribution in [2.75, 3.05) is 5.32 Å². The lowest BCUT2D eigenvalue weighted by molar-refractivity contribution is 0.561. The zero-order valence-corrected chi connectivity index (χ0v) is 11.4. The van der Waals surface area contributed by atoms with E-state index in [1.807, 2.05) is 42.5 Å². The van der Waals surface area contributed by atoms with E-state index in [0.29, 0.717) is 17.2 Å². The number of hydrogen-bond donors (Lipinski definition) is 1. The smallest absolute Gasteiger partial charge is 0.338 e. The minimum atomic E-state index is -0.359. The molecule has 0 spiro atoms. The van der Waals surface area contributed by atoms with Gasteiger partial charge in [-0.1, -0.05) is 35.9 Å². The van der Waals surface area contributed by atoms with Gasteiger partial charge in [-0.2, -0.15) is 0 Å². The summed E-state index contributed by atoms with van der Waals surface area (Å²) in [7, 11) is 0. The van der Waals surface area contributed by atoms with Gasteiger partial charge in [0, 0.05) is 23.0 Å². The molecule has 3 rings (SSSR count). The second kappa shape index (κ2) is 5.39. The zero-order valence-electron chi connectivity index (χ0n) is 10.6. The SMILES string of the molecule is O=c1cc(NCc2ccc(Cl)cc2)c2ccccc2o1. The maximum atomic E-state index is 11.5. The van der Waals surface area contributed by atoms with Crippen molar-refractivity contribution < 1.29 is 4.42 Å². The van der Waals surface area contributed by atoms with E-state index >= 15 is 0 Å². The summed E-state index contributed by atoms with van der Waals surface area (Å²) in [6.45, 7) is 0.616. The van der Waals surface area contributed by atoms with Crippen LogP contribution in [0.5, 0.6) is 0 Å². The predicted octanol–water partition coefficient (Wildman–Crippen LogP) is 4.06. The first-order chi connectivity index (χ1) is 9.72. The minimum Gasteiger partial charge on any atom is -0.423 e. The molecule has 1 aromatic heterocycles. The maximum Gasteiger partial charge on any atom is 0.338 e. The Morgan fingerprint density at radius 1 is 1.05 bits per heavy atom. The fourth-order valence-electron chi connectivity index (χ4n) is 2.06. The Labute approximate surface area is 120 Å². The number of rotatable bonds is 3. The van der Waals surface area contributed by atoms with Crippen molar-refractivity contribution in [2.45, 2.75) is 6.54 Å². The van der Waals surface area contributed by atoms with E-state index in [-0.39, 0.29) is 5.63 Å². The standard InChI is InChI=1S/C16H12ClNO2/c17-12-7-5-11(6-8-12)10-18-14-9-16(19)20-15-4-2-1-3-13(14)15/h1-9,18H,10H2. The predicted molar refractivity (Wildman–Crippen MR) is 81.3 cm³/mol. The molecule has 0 aliphatic heterocycles. The fourth-order valence-corrected chi connectivity index (χ4v) is 2.18. The molecule has 0 fully saturated rings. The fraction of sp³-hybridized carbons (Fsp3) is 0.0625. The van der Waals surface area contributed by atoms with Crippen molar-refractivity contribution in [1.82, 2.24) is 0 Å². The molecule has 0 saturated heterocycles. The highest BCUT2D eigenvalue weighted by atomic mass is 35.5. The van der Waals surface area contributed by atoms with Crippen molar-refractivity contribution in [3.63, 3.8) is 0 Å². The lowest BCUT2D eigenvalue weighted by Crippen LogP contribution is -2.04. The van der Waals surface area contributed by atoms with Crippen LogP contribution in [0.25, 0.3) is 11.0 Å². The first-order valence-corrected chi connectivity index (χ1v) is 6.61. The zero-order chi connectivity index (χ0) is 13.9. The summed E-state index contributed by atoms with van der Waals surface area (Å²) >= 11 is 5.85. The molecular weight excluding hydrogens is 274 g/mol. The maximum absolute atomic E-state index is 11.5. The van der Waals surface area contributed by atoms with Gasteiger partial charge in [-0.3, -0.25) is 0 Å². The second-order valence-electron chi connectivity index (χ2n) is 4.46. The monoisotopic (exact) mass is 285 g/mol. The van der Waals surface area contributed by atoms with Crippen LogP contribution >= 0.6 is 11.6 Å². The first-order valence-electron chi connectivity index (χ1n) is 6.23. The van der Waals surface area contributed by atoms with Crippen LogP contribution < -0.4 is 10.9 Å². The number of halogens is 1. The minimum absolute atomic E-state index is 0.359. The van der Waals surface area contributed by atoms with Crippen LogP contribution in [-0.4, -0.2) is 0 Å². The summed E-state index contributed by atoms with van der Waals surface area (Å²) in [6, 6.07) is 16.5. The molecule has 100 valence electrons. The molecule has 2 aromatic carbocycles. The van der Waals surface area contributed by atoms with Crippen molar-refractivity contribution >= 4 is 28.3 Å². The van der Waals surface area contributed by atoms with Gasteiger partial charge in [0.05, 0.1) is 5.69 Å². The molecule has 0 unspecified atom stereocenters. The third-order valence-electron chi connectivity index (χ3n) is 3.05.